The third-order valence-corrected chi connectivity index (χ3v) is 3.48. The number of hydrogen-bond donors (Lipinski definition) is 1. The maximum absolute atomic E-state index is 6.23. The number of nitrogens with zero attached hydrogens (tertiary/aromatic N) is 1. The van der Waals surface area contributed by atoms with Gasteiger partial charge in [-0.15, -0.1) is 0 Å². The zero-order chi connectivity index (χ0) is 14.8. The molecule has 0 radical (unpaired) electrons. The smallest absolute Gasteiger partial charge is 0.119 e. The van der Waals surface area contributed by atoms with Gasteiger partial charge in [0.2, 0.25) is 0 Å². The van der Waals surface area contributed by atoms with Crippen molar-refractivity contribution in [2.75, 3.05) is 7.11 Å². The van der Waals surface area contributed by atoms with E-state index in [-0.39, 0.29) is 0 Å². The van der Waals surface area contributed by atoms with Crippen molar-refractivity contribution >= 4 is 0 Å². The van der Waals surface area contributed by atoms with Crippen molar-refractivity contribution in [3.05, 3.63) is 47.8 Å². The van der Waals surface area contributed by atoms with Crippen LogP contribution in [0.4, 0.5) is 0 Å². The number of nitrogens with two attached hydrogens (primary N) is 1. The summed E-state index contributed by atoms with van der Waals surface area (Å²) >= 11 is 0. The van der Waals surface area contributed by atoms with E-state index in [1.807, 2.05) is 44.4 Å². The monoisotopic (exact) mass is 270 g/mol. The molecule has 3 nitrogen and oxygen atoms in total. The molecule has 0 atom stereocenters. The predicted octanol–water partition coefficient (Wildman–Crippen LogP) is 3.51. The molecule has 2 aromatic rings. The van der Waals surface area contributed by atoms with Crippen LogP contribution >= 0.6 is 0 Å². The lowest BCUT2D eigenvalue weighted by Crippen LogP contribution is -2.28. The SMILES string of the molecule is CCc1cnccc1-c1cc(OC)cc(C(C)(C)N)c1. The number of methoxy groups -OCH3 is 1. The molecular formula is C17H22N2O. The molecule has 2 rings (SSSR count). The maximum atomic E-state index is 6.23. The van der Waals surface area contributed by atoms with E-state index in [0.717, 1.165) is 23.3 Å². The van der Waals surface area contributed by atoms with Gasteiger partial charge in [0.1, 0.15) is 5.75 Å². The number of hydrogen-bond acceptors (Lipinski definition) is 3. The second kappa shape index (κ2) is 5.63. The average molecular weight is 270 g/mol. The van der Waals surface area contributed by atoms with E-state index in [9.17, 15) is 0 Å². The largest absolute Gasteiger partial charge is 0.497 e. The van der Waals surface area contributed by atoms with Crippen molar-refractivity contribution in [2.45, 2.75) is 32.7 Å². The normalized spacial score (nSPS) is 11.4. The summed E-state index contributed by atoms with van der Waals surface area (Å²) in [5.74, 6) is 0.829. The molecule has 1 aromatic heterocycles. The van der Waals surface area contributed by atoms with Gasteiger partial charge in [-0.25, -0.2) is 0 Å². The highest BCUT2D eigenvalue weighted by molar-refractivity contribution is 5.69. The summed E-state index contributed by atoms with van der Waals surface area (Å²) < 4.78 is 5.41. The average Bonchev–Trinajstić information content (AvgIpc) is 2.45. The Morgan fingerprint density at radius 3 is 2.60 bits per heavy atom. The molecule has 0 aliphatic rings. The first kappa shape index (κ1) is 14.5. The van der Waals surface area contributed by atoms with Gasteiger partial charge >= 0.3 is 0 Å². The van der Waals surface area contributed by atoms with E-state index in [0.29, 0.717) is 0 Å². The van der Waals surface area contributed by atoms with Gasteiger partial charge in [-0.1, -0.05) is 6.92 Å². The molecule has 0 saturated carbocycles. The van der Waals surface area contributed by atoms with E-state index in [4.69, 9.17) is 10.5 Å². The van der Waals surface area contributed by atoms with Gasteiger partial charge in [0, 0.05) is 17.9 Å². The van der Waals surface area contributed by atoms with Crippen molar-refractivity contribution in [2.24, 2.45) is 5.73 Å². The van der Waals surface area contributed by atoms with Crippen LogP contribution in [0.25, 0.3) is 11.1 Å². The van der Waals surface area contributed by atoms with Gasteiger partial charge in [0.05, 0.1) is 7.11 Å². The van der Waals surface area contributed by atoms with Gasteiger partial charge in [-0.3, -0.25) is 4.98 Å². The molecule has 0 bridgehead atoms. The van der Waals surface area contributed by atoms with Crippen molar-refractivity contribution < 1.29 is 4.74 Å². The van der Waals surface area contributed by atoms with E-state index >= 15 is 0 Å². The van der Waals surface area contributed by atoms with Crippen LogP contribution in [-0.4, -0.2) is 12.1 Å². The van der Waals surface area contributed by atoms with Crippen LogP contribution in [0.1, 0.15) is 31.9 Å². The quantitative estimate of drug-likeness (QED) is 0.924. The van der Waals surface area contributed by atoms with Crippen LogP contribution in [-0.2, 0) is 12.0 Å². The van der Waals surface area contributed by atoms with Crippen LogP contribution < -0.4 is 10.5 Å². The molecule has 20 heavy (non-hydrogen) atoms. The number of pyridine rings is 1. The summed E-state index contributed by atoms with van der Waals surface area (Å²) in [7, 11) is 1.68. The lowest BCUT2D eigenvalue weighted by Gasteiger charge is -2.21. The van der Waals surface area contributed by atoms with Crippen molar-refractivity contribution in [1.29, 1.82) is 0 Å². The number of benzene rings is 1. The lowest BCUT2D eigenvalue weighted by molar-refractivity contribution is 0.412. The molecule has 0 saturated heterocycles. The fraction of sp³-hybridized carbons (Fsp3) is 0.353. The highest BCUT2D eigenvalue weighted by Crippen LogP contribution is 2.31. The molecule has 0 unspecified atom stereocenters. The highest BCUT2D eigenvalue weighted by Gasteiger charge is 2.17. The second-order valence-corrected chi connectivity index (χ2v) is 5.56. The minimum absolute atomic E-state index is 0.400. The molecule has 3 heteroatoms. The number of ether oxygens (including phenoxy) is 1. The molecule has 1 aromatic carbocycles. The third kappa shape index (κ3) is 2.99. The standard InChI is InChI=1S/C17H22N2O/c1-5-12-11-19-7-6-16(12)13-8-14(17(2,3)18)10-15(9-13)20-4/h6-11H,5,18H2,1-4H3. The summed E-state index contributed by atoms with van der Waals surface area (Å²) in [5.41, 5.74) is 10.4. The highest BCUT2D eigenvalue weighted by atomic mass is 16.5. The van der Waals surface area contributed by atoms with Crippen LogP contribution in [0.5, 0.6) is 5.75 Å². The molecule has 106 valence electrons. The molecule has 0 aliphatic carbocycles. The van der Waals surface area contributed by atoms with Crippen molar-refractivity contribution in [1.82, 2.24) is 4.98 Å². The van der Waals surface area contributed by atoms with Crippen LogP contribution in [0.2, 0.25) is 0 Å². The molecule has 0 amide bonds. The van der Waals surface area contributed by atoms with Gasteiger partial charge in [0.15, 0.2) is 0 Å². The van der Waals surface area contributed by atoms with Gasteiger partial charge < -0.3 is 10.5 Å². The molecule has 0 aliphatic heterocycles. The Labute approximate surface area is 120 Å². The Morgan fingerprint density at radius 2 is 2.00 bits per heavy atom. The molecule has 0 spiro atoms. The van der Waals surface area contributed by atoms with Gasteiger partial charge in [-0.05, 0) is 66.8 Å². The Balaban J connectivity index is 2.62. The second-order valence-electron chi connectivity index (χ2n) is 5.56. The summed E-state index contributed by atoms with van der Waals surface area (Å²) in [6.07, 6.45) is 4.69. The lowest BCUT2D eigenvalue weighted by atomic mass is 9.91. The summed E-state index contributed by atoms with van der Waals surface area (Å²) in [4.78, 5) is 4.20. The van der Waals surface area contributed by atoms with Crippen LogP contribution in [0.3, 0.4) is 0 Å². The molecular weight excluding hydrogens is 248 g/mol. The fourth-order valence-corrected chi connectivity index (χ4v) is 2.23. The van der Waals surface area contributed by atoms with Gasteiger partial charge in [0.25, 0.3) is 0 Å². The molecule has 1 heterocycles. The van der Waals surface area contributed by atoms with Crippen LogP contribution in [0, 0.1) is 0 Å². The topological polar surface area (TPSA) is 48.1 Å². The minimum Gasteiger partial charge on any atom is -0.497 e. The van der Waals surface area contributed by atoms with E-state index in [1.54, 1.807) is 7.11 Å². The first-order valence-corrected chi connectivity index (χ1v) is 6.87. The predicted molar refractivity (Wildman–Crippen MR) is 82.8 cm³/mol. The fourth-order valence-electron chi connectivity index (χ4n) is 2.23. The maximum Gasteiger partial charge on any atom is 0.119 e. The first-order chi connectivity index (χ1) is 9.45. The van der Waals surface area contributed by atoms with Gasteiger partial charge in [-0.2, -0.15) is 0 Å². The number of aryl methyl sites for hydroxylation is 1. The Bertz CT molecular complexity index is 600. The number of rotatable bonds is 4. The first-order valence-electron chi connectivity index (χ1n) is 6.87. The Kier molecular flexibility index (Phi) is 4.09. The number of aromatic nitrogens is 1. The summed E-state index contributed by atoms with van der Waals surface area (Å²) in [6, 6.07) is 8.22. The Morgan fingerprint density at radius 1 is 1.25 bits per heavy atom. The van der Waals surface area contributed by atoms with E-state index < -0.39 is 5.54 Å². The minimum atomic E-state index is -0.400. The van der Waals surface area contributed by atoms with E-state index in [2.05, 4.69) is 18.0 Å². The molecule has 0 fully saturated rings. The van der Waals surface area contributed by atoms with Crippen LogP contribution in [0.15, 0.2) is 36.7 Å². The van der Waals surface area contributed by atoms with E-state index in [1.165, 1.54) is 11.1 Å². The van der Waals surface area contributed by atoms with Crippen molar-refractivity contribution in [3.63, 3.8) is 0 Å². The van der Waals surface area contributed by atoms with Crippen molar-refractivity contribution in [3.8, 4) is 16.9 Å². The third-order valence-electron chi connectivity index (χ3n) is 3.48. The zero-order valence-corrected chi connectivity index (χ0v) is 12.6. The summed E-state index contributed by atoms with van der Waals surface area (Å²) in [6.45, 7) is 6.13. The zero-order valence-electron chi connectivity index (χ0n) is 12.6. The Hall–Kier alpha value is -1.87. The molecule has 2 N–H and O–H groups in total. The summed E-state index contributed by atoms with van der Waals surface area (Å²) in [5, 5.41) is 0.